The molecule has 8 heteroatoms. The van der Waals surface area contributed by atoms with Gasteiger partial charge in [-0.05, 0) is 6.07 Å². The van der Waals surface area contributed by atoms with Gasteiger partial charge in [0.1, 0.15) is 5.51 Å². The van der Waals surface area contributed by atoms with Crippen molar-refractivity contribution in [2.45, 2.75) is 9.24 Å². The first kappa shape index (κ1) is 10.8. The lowest BCUT2D eigenvalue weighted by Crippen LogP contribution is -2.14. The number of rotatable bonds is 3. The first-order valence-electron chi connectivity index (χ1n) is 4.17. The smallest absolute Gasteiger partial charge is 0.178 e. The number of aromatic nitrogens is 3. The summed E-state index contributed by atoms with van der Waals surface area (Å²) in [4.78, 5) is 4.76. The summed E-state index contributed by atoms with van der Waals surface area (Å²) in [6.45, 7) is 0. The van der Waals surface area contributed by atoms with Gasteiger partial charge in [0.25, 0.3) is 0 Å². The molecule has 2 rings (SSSR count). The fraction of sp³-hybridized carbons (Fsp3) is 0. The van der Waals surface area contributed by atoms with Crippen LogP contribution in [0.5, 0.6) is 0 Å². The van der Waals surface area contributed by atoms with Crippen LogP contribution in [-0.4, -0.2) is 26.2 Å². The molecule has 0 saturated carbocycles. The van der Waals surface area contributed by atoms with Gasteiger partial charge in [-0.15, -0.1) is 10.2 Å². The lowest BCUT2D eigenvalue weighted by molar-refractivity contribution is 0.318. The highest BCUT2D eigenvalue weighted by molar-refractivity contribution is 8.01. The second-order valence-electron chi connectivity index (χ2n) is 2.66. The molecule has 0 aliphatic carbocycles. The maximum absolute atomic E-state index is 8.65. The van der Waals surface area contributed by atoms with Crippen molar-refractivity contribution in [1.29, 1.82) is 0 Å². The highest BCUT2D eigenvalue weighted by Gasteiger charge is 2.09. The Hall–Kier alpha value is -1.67. The van der Waals surface area contributed by atoms with E-state index in [-0.39, 0.29) is 5.84 Å². The second kappa shape index (κ2) is 4.90. The maximum Gasteiger partial charge on any atom is 0.178 e. The predicted octanol–water partition coefficient (Wildman–Crippen LogP) is 1.18. The van der Waals surface area contributed by atoms with Crippen molar-refractivity contribution in [1.82, 2.24) is 15.2 Å². The van der Waals surface area contributed by atoms with Crippen molar-refractivity contribution in [2.75, 3.05) is 0 Å². The number of pyridine rings is 1. The van der Waals surface area contributed by atoms with E-state index in [0.717, 1.165) is 9.24 Å². The lowest BCUT2D eigenvalue weighted by atomic mass is 10.2. The number of nitrogens with two attached hydrogens (primary N) is 1. The molecule has 0 fully saturated rings. The summed E-state index contributed by atoms with van der Waals surface area (Å²) in [5.41, 5.74) is 7.81. The Kier molecular flexibility index (Phi) is 3.32. The summed E-state index contributed by atoms with van der Waals surface area (Å²) in [5.74, 6) is 0.0504. The van der Waals surface area contributed by atoms with Gasteiger partial charge in [0.2, 0.25) is 0 Å². The minimum atomic E-state index is 0.0504. The van der Waals surface area contributed by atoms with Crippen molar-refractivity contribution in [2.24, 2.45) is 10.9 Å². The normalized spacial score (nSPS) is 11.6. The van der Waals surface area contributed by atoms with Crippen LogP contribution in [0.25, 0.3) is 0 Å². The largest absolute Gasteiger partial charge is 0.409 e. The maximum atomic E-state index is 8.65. The van der Waals surface area contributed by atoms with Crippen LogP contribution < -0.4 is 5.73 Å². The summed E-state index contributed by atoms with van der Waals surface area (Å²) in [6, 6.07) is 1.68. The predicted molar refractivity (Wildman–Crippen MR) is 60.8 cm³/mol. The monoisotopic (exact) mass is 253 g/mol. The third kappa shape index (κ3) is 2.28. The average molecular weight is 253 g/mol. The van der Waals surface area contributed by atoms with Crippen LogP contribution in [0.3, 0.4) is 0 Å². The van der Waals surface area contributed by atoms with Gasteiger partial charge in [0, 0.05) is 22.9 Å². The molecule has 0 saturated heterocycles. The van der Waals surface area contributed by atoms with E-state index in [1.165, 1.54) is 23.1 Å². The van der Waals surface area contributed by atoms with E-state index in [0.29, 0.717) is 5.56 Å². The van der Waals surface area contributed by atoms with Crippen LogP contribution >= 0.6 is 23.1 Å². The molecule has 82 valence electrons. The molecule has 2 heterocycles. The van der Waals surface area contributed by atoms with E-state index >= 15 is 0 Å². The van der Waals surface area contributed by atoms with Crippen LogP contribution in [0.4, 0.5) is 0 Å². The second-order valence-corrected chi connectivity index (χ2v) is 4.79. The molecule has 0 aliphatic rings. The summed E-state index contributed by atoms with van der Waals surface area (Å²) < 4.78 is 0.778. The number of hydrogen-bond acceptors (Lipinski definition) is 7. The molecule has 0 aromatic carbocycles. The van der Waals surface area contributed by atoms with Crippen molar-refractivity contribution in [3.8, 4) is 0 Å². The Bertz CT molecular complexity index is 499. The van der Waals surface area contributed by atoms with Gasteiger partial charge in [0.15, 0.2) is 10.2 Å². The highest BCUT2D eigenvalue weighted by Crippen LogP contribution is 2.30. The fourth-order valence-corrected chi connectivity index (χ4v) is 2.57. The van der Waals surface area contributed by atoms with E-state index < -0.39 is 0 Å². The molecule has 16 heavy (non-hydrogen) atoms. The molecular formula is C8H7N5OS2. The van der Waals surface area contributed by atoms with Crippen molar-refractivity contribution in [3.05, 3.63) is 29.5 Å². The zero-order valence-electron chi connectivity index (χ0n) is 7.94. The SMILES string of the molecule is N/C(=N/O)c1ccncc1Sc1nncs1. The third-order valence-electron chi connectivity index (χ3n) is 1.71. The summed E-state index contributed by atoms with van der Waals surface area (Å²) in [7, 11) is 0. The first-order valence-corrected chi connectivity index (χ1v) is 5.87. The molecule has 0 bridgehead atoms. The Morgan fingerprint density at radius 1 is 1.56 bits per heavy atom. The van der Waals surface area contributed by atoms with Gasteiger partial charge in [-0.3, -0.25) is 4.98 Å². The zero-order chi connectivity index (χ0) is 11.4. The Morgan fingerprint density at radius 3 is 3.12 bits per heavy atom. The van der Waals surface area contributed by atoms with E-state index in [1.807, 2.05) is 0 Å². The van der Waals surface area contributed by atoms with Gasteiger partial charge in [-0.25, -0.2) is 0 Å². The van der Waals surface area contributed by atoms with E-state index in [4.69, 9.17) is 10.9 Å². The van der Waals surface area contributed by atoms with Crippen LogP contribution in [0, 0.1) is 0 Å². The minimum Gasteiger partial charge on any atom is -0.409 e. The molecule has 6 nitrogen and oxygen atoms in total. The van der Waals surface area contributed by atoms with Crippen LogP contribution in [0.2, 0.25) is 0 Å². The number of oxime groups is 1. The van der Waals surface area contributed by atoms with E-state index in [9.17, 15) is 0 Å². The molecule has 2 aromatic rings. The molecule has 3 N–H and O–H groups in total. The highest BCUT2D eigenvalue weighted by atomic mass is 32.2. The fourth-order valence-electron chi connectivity index (χ4n) is 1.03. The molecule has 0 unspecified atom stereocenters. The summed E-state index contributed by atoms with van der Waals surface area (Å²) in [6.07, 6.45) is 3.22. The van der Waals surface area contributed by atoms with E-state index in [1.54, 1.807) is 24.0 Å². The van der Waals surface area contributed by atoms with Crippen molar-refractivity contribution < 1.29 is 5.21 Å². The molecule has 0 atom stereocenters. The van der Waals surface area contributed by atoms with E-state index in [2.05, 4.69) is 20.3 Å². The Morgan fingerprint density at radius 2 is 2.44 bits per heavy atom. The topological polar surface area (TPSA) is 97.3 Å². The lowest BCUT2D eigenvalue weighted by Gasteiger charge is -2.04. The number of amidine groups is 1. The summed E-state index contributed by atoms with van der Waals surface area (Å²) in [5, 5.41) is 19.2. The standard InChI is InChI=1S/C8H7N5OS2/c9-7(13-14)5-1-2-10-3-6(5)16-8-12-11-4-15-8/h1-4,14H,(H2,9,13). The number of nitrogens with zero attached hydrogens (tertiary/aromatic N) is 4. The minimum absolute atomic E-state index is 0.0504. The van der Waals surface area contributed by atoms with Crippen LogP contribution in [0.1, 0.15) is 5.56 Å². The molecular weight excluding hydrogens is 246 g/mol. The van der Waals surface area contributed by atoms with Gasteiger partial charge in [-0.2, -0.15) is 0 Å². The zero-order valence-corrected chi connectivity index (χ0v) is 9.57. The Balaban J connectivity index is 2.34. The first-order chi connectivity index (χ1) is 7.81. The molecule has 0 aliphatic heterocycles. The van der Waals surface area contributed by atoms with Gasteiger partial charge >= 0.3 is 0 Å². The molecule has 0 radical (unpaired) electrons. The van der Waals surface area contributed by atoms with Crippen LogP contribution in [0.15, 0.2) is 38.4 Å². The Labute approximate surface area is 99.2 Å². The quantitative estimate of drug-likeness (QED) is 0.369. The van der Waals surface area contributed by atoms with Gasteiger partial charge < -0.3 is 10.9 Å². The number of hydrogen-bond donors (Lipinski definition) is 2. The van der Waals surface area contributed by atoms with Gasteiger partial charge in [-0.1, -0.05) is 28.3 Å². The molecule has 0 amide bonds. The third-order valence-corrected chi connectivity index (χ3v) is 3.53. The molecule has 2 aromatic heterocycles. The van der Waals surface area contributed by atoms with Crippen LogP contribution in [-0.2, 0) is 0 Å². The molecule has 0 spiro atoms. The van der Waals surface area contributed by atoms with Crippen molar-refractivity contribution >= 4 is 28.9 Å². The summed E-state index contributed by atoms with van der Waals surface area (Å²) >= 11 is 2.79. The average Bonchev–Trinajstić information content (AvgIpc) is 2.82. The van der Waals surface area contributed by atoms with Crippen molar-refractivity contribution in [3.63, 3.8) is 0 Å². The van der Waals surface area contributed by atoms with Gasteiger partial charge in [0.05, 0.1) is 0 Å².